The standard InChI is InChI=1S/C33H39NO5S.C29H31NO5S/c1-5-6-7-8-19-34-21-28(38-4)22-39-26-15-9-23(10-16-26)32(35)31-29-18-17-27(37-3)20-30(29)40-33(31)24-11-13-25(36-2)14-12-24;1-2-3-4-15-30-17-23(33)18-35-24-12-7-19(8-13-24)28(34)27-25-14-11-22(32)16-26(25)36-29(27)20-5-9-21(31)10-6-20/h9-18,20,28,34H,5-8,19,21-22H2,1-4H3;5-14,16,23,30-33H,2-4,15,17-18H2,1H3. The lowest BCUT2D eigenvalue weighted by Gasteiger charge is -2.17. The molecule has 14 heteroatoms. The van der Waals surface area contributed by atoms with E-state index in [1.165, 1.54) is 43.4 Å². The molecule has 76 heavy (non-hydrogen) atoms. The molecule has 0 radical (unpaired) electrons. The van der Waals surface area contributed by atoms with Gasteiger partial charge in [0.1, 0.15) is 59.9 Å². The smallest absolute Gasteiger partial charge is 0.195 e. The molecule has 0 amide bonds. The number of benzene rings is 6. The van der Waals surface area contributed by atoms with Gasteiger partial charge in [0.05, 0.1) is 14.2 Å². The summed E-state index contributed by atoms with van der Waals surface area (Å²) in [6.07, 6.45) is 7.70. The third kappa shape index (κ3) is 15.4. The number of ketones is 2. The topological polar surface area (TPSA) is 165 Å². The van der Waals surface area contributed by atoms with Gasteiger partial charge >= 0.3 is 0 Å². The number of aliphatic hydroxyl groups excluding tert-OH is 1. The predicted octanol–water partition coefficient (Wildman–Crippen LogP) is 13.1. The second kappa shape index (κ2) is 28.9. The van der Waals surface area contributed by atoms with Crippen LogP contribution in [0.1, 0.15) is 90.6 Å². The number of fused-ring (bicyclic) bond motifs is 2. The summed E-state index contributed by atoms with van der Waals surface area (Å²) < 4.78 is 29.8. The second-order valence-corrected chi connectivity index (χ2v) is 20.6. The second-order valence-electron chi connectivity index (χ2n) is 18.4. The number of methoxy groups -OCH3 is 3. The minimum atomic E-state index is -0.616. The third-order valence-corrected chi connectivity index (χ3v) is 15.3. The van der Waals surface area contributed by atoms with Crippen molar-refractivity contribution in [3.05, 3.63) is 156 Å². The molecule has 6 aromatic carbocycles. The van der Waals surface area contributed by atoms with Crippen LogP contribution in [0.25, 0.3) is 41.1 Å². The van der Waals surface area contributed by atoms with Crippen molar-refractivity contribution < 1.29 is 48.6 Å². The number of aliphatic hydroxyl groups is 1. The maximum atomic E-state index is 13.9. The molecule has 0 saturated heterocycles. The average Bonchev–Trinajstić information content (AvgIpc) is 4.03. The summed E-state index contributed by atoms with van der Waals surface area (Å²) in [6, 6.07) is 39.6. The van der Waals surface area contributed by atoms with Crippen LogP contribution in [0.5, 0.6) is 34.5 Å². The Hall–Kier alpha value is -6.78. The first kappa shape index (κ1) is 56.9. The fraction of sp³-hybridized carbons (Fsp3) is 0.323. The zero-order chi connectivity index (χ0) is 53.8. The molecular weight excluding hydrogens is 997 g/mol. The number of thiophene rings is 2. The van der Waals surface area contributed by atoms with Gasteiger partial charge < -0.3 is 49.6 Å². The van der Waals surface area contributed by atoms with Gasteiger partial charge in [-0.05, 0) is 171 Å². The van der Waals surface area contributed by atoms with Crippen molar-refractivity contribution in [3.63, 3.8) is 0 Å². The maximum absolute atomic E-state index is 13.9. The number of rotatable bonds is 28. The minimum Gasteiger partial charge on any atom is -0.508 e. The normalized spacial score (nSPS) is 12.0. The molecule has 0 bridgehead atoms. The maximum Gasteiger partial charge on any atom is 0.195 e. The Morgan fingerprint density at radius 3 is 1.53 bits per heavy atom. The summed E-state index contributed by atoms with van der Waals surface area (Å²) >= 11 is 3.01. The first-order valence-electron chi connectivity index (χ1n) is 26.0. The van der Waals surface area contributed by atoms with Crippen molar-refractivity contribution in [1.29, 1.82) is 0 Å². The summed E-state index contributed by atoms with van der Waals surface area (Å²) in [5.41, 5.74) is 4.13. The molecular formula is C62H70N2O10S2. The number of carbonyl (C=O) groups excluding carboxylic acids is 2. The zero-order valence-electron chi connectivity index (χ0n) is 44.1. The van der Waals surface area contributed by atoms with Crippen LogP contribution in [-0.2, 0) is 4.74 Å². The van der Waals surface area contributed by atoms with Gasteiger partial charge in [-0.2, -0.15) is 0 Å². The molecule has 0 fully saturated rings. The highest BCUT2D eigenvalue weighted by atomic mass is 32.1. The highest BCUT2D eigenvalue weighted by Crippen LogP contribution is 2.43. The van der Waals surface area contributed by atoms with E-state index in [4.69, 9.17) is 23.7 Å². The summed E-state index contributed by atoms with van der Waals surface area (Å²) in [6.45, 7) is 8.05. The largest absolute Gasteiger partial charge is 0.508 e. The number of nitrogens with one attached hydrogen (secondary N) is 2. The summed E-state index contributed by atoms with van der Waals surface area (Å²) in [5.74, 6) is 2.93. The van der Waals surface area contributed by atoms with E-state index in [9.17, 15) is 24.9 Å². The minimum absolute atomic E-state index is 0.0316. The molecule has 2 aromatic heterocycles. The number of carbonyl (C=O) groups is 2. The van der Waals surface area contributed by atoms with Crippen molar-refractivity contribution in [2.24, 2.45) is 0 Å². The van der Waals surface area contributed by atoms with Gasteiger partial charge in [0, 0.05) is 72.4 Å². The highest BCUT2D eigenvalue weighted by molar-refractivity contribution is 7.23. The Morgan fingerprint density at radius 1 is 0.513 bits per heavy atom. The number of hydrogen-bond acceptors (Lipinski definition) is 14. The van der Waals surface area contributed by atoms with Crippen LogP contribution in [0.2, 0.25) is 0 Å². The number of aromatic hydroxyl groups is 2. The van der Waals surface area contributed by atoms with Crippen LogP contribution in [0, 0.1) is 0 Å². The van der Waals surface area contributed by atoms with Gasteiger partial charge in [0.25, 0.3) is 0 Å². The molecule has 2 atom stereocenters. The molecule has 0 aliphatic carbocycles. The number of ether oxygens (including phenoxy) is 5. The molecule has 0 aliphatic rings. The Balaban J connectivity index is 0.000000222. The molecule has 5 N–H and O–H groups in total. The highest BCUT2D eigenvalue weighted by Gasteiger charge is 2.24. The van der Waals surface area contributed by atoms with Crippen LogP contribution in [-0.4, -0.2) is 99.8 Å². The summed E-state index contributed by atoms with van der Waals surface area (Å²) in [5, 5.41) is 38.1. The van der Waals surface area contributed by atoms with Crippen molar-refractivity contribution >= 4 is 54.4 Å². The lowest BCUT2D eigenvalue weighted by molar-refractivity contribution is 0.0581. The molecule has 400 valence electrons. The number of phenolic OH excluding ortho intramolecular Hbond substituents is 2. The Morgan fingerprint density at radius 2 is 0.974 bits per heavy atom. The van der Waals surface area contributed by atoms with Crippen LogP contribution in [0.4, 0.5) is 0 Å². The molecule has 2 heterocycles. The quantitative estimate of drug-likeness (QED) is 0.0233. The molecule has 12 nitrogen and oxygen atoms in total. The van der Waals surface area contributed by atoms with Crippen molar-refractivity contribution in [3.8, 4) is 55.4 Å². The van der Waals surface area contributed by atoms with E-state index in [1.54, 1.807) is 99.4 Å². The van der Waals surface area contributed by atoms with Crippen LogP contribution in [0.15, 0.2) is 133 Å². The van der Waals surface area contributed by atoms with Gasteiger partial charge in [-0.1, -0.05) is 46.0 Å². The Bertz CT molecular complexity index is 3080. The first-order valence-corrected chi connectivity index (χ1v) is 27.6. The lowest BCUT2D eigenvalue weighted by atomic mass is 9.97. The molecule has 8 aromatic rings. The first-order chi connectivity index (χ1) is 37.0. The van der Waals surface area contributed by atoms with Gasteiger partial charge in [0.15, 0.2) is 11.6 Å². The van der Waals surface area contributed by atoms with E-state index in [-0.39, 0.29) is 35.8 Å². The average molecular weight is 1070 g/mol. The number of unbranched alkanes of at least 4 members (excludes halogenated alkanes) is 5. The van der Waals surface area contributed by atoms with Gasteiger partial charge in [0.2, 0.25) is 0 Å². The fourth-order valence-corrected chi connectivity index (χ4v) is 11.0. The Kier molecular flexibility index (Phi) is 21.7. The summed E-state index contributed by atoms with van der Waals surface area (Å²) in [4.78, 5) is 29.2. The fourth-order valence-electron chi connectivity index (χ4n) is 8.55. The number of phenols is 2. The monoisotopic (exact) mass is 1070 g/mol. The third-order valence-electron chi connectivity index (χ3n) is 12.9. The Labute approximate surface area is 454 Å². The van der Waals surface area contributed by atoms with Gasteiger partial charge in [-0.3, -0.25) is 9.59 Å². The molecule has 2 unspecified atom stereocenters. The molecule has 0 aliphatic heterocycles. The SMILES string of the molecule is CCCCCCNCC(COc1ccc(C(=O)c2c(-c3ccc(OC)cc3)sc3cc(OC)ccc23)cc1)OC.CCCCCNCC(O)COc1ccc(C(=O)c2c(-c3ccc(O)cc3)sc3cc(O)ccc23)cc1. The van der Waals surface area contributed by atoms with E-state index < -0.39 is 6.10 Å². The van der Waals surface area contributed by atoms with E-state index in [1.807, 2.05) is 66.7 Å². The lowest BCUT2D eigenvalue weighted by Crippen LogP contribution is -2.33. The van der Waals surface area contributed by atoms with Crippen molar-refractivity contribution in [1.82, 2.24) is 10.6 Å². The van der Waals surface area contributed by atoms with E-state index >= 15 is 0 Å². The molecule has 0 spiro atoms. The van der Waals surface area contributed by atoms with E-state index in [2.05, 4.69) is 24.5 Å². The van der Waals surface area contributed by atoms with Crippen LogP contribution >= 0.6 is 22.7 Å². The van der Waals surface area contributed by atoms with Crippen LogP contribution < -0.4 is 29.6 Å². The van der Waals surface area contributed by atoms with Crippen LogP contribution in [0.3, 0.4) is 0 Å². The van der Waals surface area contributed by atoms with Gasteiger partial charge in [-0.15, -0.1) is 22.7 Å². The predicted molar refractivity (Wildman–Crippen MR) is 308 cm³/mol. The zero-order valence-corrected chi connectivity index (χ0v) is 45.7. The molecule has 0 saturated carbocycles. The van der Waals surface area contributed by atoms with Crippen molar-refractivity contribution in [2.45, 2.75) is 71.0 Å². The molecule has 8 rings (SSSR count). The van der Waals surface area contributed by atoms with Crippen molar-refractivity contribution in [2.75, 3.05) is 60.7 Å². The summed E-state index contributed by atoms with van der Waals surface area (Å²) in [7, 11) is 5.00. The van der Waals surface area contributed by atoms with Gasteiger partial charge in [-0.25, -0.2) is 0 Å². The van der Waals surface area contributed by atoms with E-state index in [0.29, 0.717) is 46.9 Å². The number of hydrogen-bond donors (Lipinski definition) is 5. The van der Waals surface area contributed by atoms with E-state index in [0.717, 1.165) is 85.0 Å².